The summed E-state index contributed by atoms with van der Waals surface area (Å²) >= 11 is 0. The minimum absolute atomic E-state index is 0.377. The Bertz CT molecular complexity index is 541. The Labute approximate surface area is 151 Å². The average molecular weight is 345 g/mol. The second kappa shape index (κ2) is 7.60. The van der Waals surface area contributed by atoms with E-state index in [4.69, 9.17) is 9.47 Å². The average Bonchev–Trinajstić information content (AvgIpc) is 2.63. The van der Waals surface area contributed by atoms with Crippen LogP contribution >= 0.6 is 0 Å². The van der Waals surface area contributed by atoms with Crippen LogP contribution in [0.3, 0.4) is 0 Å². The molecule has 4 heterocycles. The molecule has 0 aliphatic carbocycles. The van der Waals surface area contributed by atoms with E-state index in [0.29, 0.717) is 11.5 Å². The fraction of sp³-hybridized carbons (Fsp3) is 0.750. The maximum absolute atomic E-state index is 5.93. The van der Waals surface area contributed by atoms with Crippen LogP contribution in [0.2, 0.25) is 0 Å². The van der Waals surface area contributed by atoms with Crippen LogP contribution in [0.25, 0.3) is 0 Å². The molecule has 0 amide bonds. The van der Waals surface area contributed by atoms with Gasteiger partial charge in [-0.05, 0) is 57.2 Å². The predicted octanol–water partition coefficient (Wildman–Crippen LogP) is 2.28. The van der Waals surface area contributed by atoms with Crippen LogP contribution in [0.5, 0.6) is 5.88 Å². The van der Waals surface area contributed by atoms with E-state index < -0.39 is 0 Å². The first kappa shape index (κ1) is 17.3. The Morgan fingerprint density at radius 1 is 1.20 bits per heavy atom. The van der Waals surface area contributed by atoms with Gasteiger partial charge < -0.3 is 9.47 Å². The van der Waals surface area contributed by atoms with Crippen molar-refractivity contribution in [3.63, 3.8) is 0 Å². The van der Waals surface area contributed by atoms with Crippen molar-refractivity contribution in [2.75, 3.05) is 53.0 Å². The molecule has 0 saturated carbocycles. The van der Waals surface area contributed by atoms with E-state index >= 15 is 0 Å². The molecule has 3 saturated heterocycles. The SMILES string of the molecule is CN1CC[C@@H](COc2ccccn2)CC12CN(CC1CCOCC1)C2. The van der Waals surface area contributed by atoms with Gasteiger partial charge in [-0.15, -0.1) is 0 Å². The third-order valence-corrected chi connectivity index (χ3v) is 6.35. The van der Waals surface area contributed by atoms with Gasteiger partial charge in [0.05, 0.1) is 6.61 Å². The van der Waals surface area contributed by atoms with Gasteiger partial charge >= 0.3 is 0 Å². The molecule has 5 heteroatoms. The van der Waals surface area contributed by atoms with Gasteiger partial charge in [0.25, 0.3) is 0 Å². The molecule has 0 N–H and O–H groups in total. The van der Waals surface area contributed by atoms with Crippen LogP contribution < -0.4 is 4.74 Å². The molecule has 1 aromatic heterocycles. The highest BCUT2D eigenvalue weighted by Crippen LogP contribution is 2.39. The van der Waals surface area contributed by atoms with E-state index in [1.54, 1.807) is 6.20 Å². The van der Waals surface area contributed by atoms with Gasteiger partial charge in [0.15, 0.2) is 0 Å². The standard InChI is InChI=1S/C20H31N3O2/c1-22-9-5-18(14-25-19-4-2-3-8-21-19)12-20(22)15-23(16-20)13-17-6-10-24-11-7-17/h2-4,8,17-18H,5-7,9-16H2,1H3/t18-/m1/s1. The lowest BCUT2D eigenvalue weighted by Gasteiger charge is -2.59. The molecule has 0 bridgehead atoms. The lowest BCUT2D eigenvalue weighted by Crippen LogP contribution is -2.72. The number of hydrogen-bond donors (Lipinski definition) is 0. The first-order valence-corrected chi connectivity index (χ1v) is 9.79. The van der Waals surface area contributed by atoms with E-state index in [1.807, 2.05) is 18.2 Å². The number of ether oxygens (including phenoxy) is 2. The normalized spacial score (nSPS) is 28.0. The molecule has 3 fully saturated rings. The van der Waals surface area contributed by atoms with Gasteiger partial charge in [-0.25, -0.2) is 4.98 Å². The smallest absolute Gasteiger partial charge is 0.213 e. The van der Waals surface area contributed by atoms with Crippen molar-refractivity contribution in [1.29, 1.82) is 0 Å². The molecule has 0 radical (unpaired) electrons. The van der Waals surface area contributed by atoms with Crippen LogP contribution in [0.1, 0.15) is 25.7 Å². The summed E-state index contributed by atoms with van der Waals surface area (Å²) in [6.07, 6.45) is 6.75. The maximum Gasteiger partial charge on any atom is 0.213 e. The molecule has 0 aromatic carbocycles. The summed E-state index contributed by atoms with van der Waals surface area (Å²) in [4.78, 5) is 9.54. The Kier molecular flexibility index (Phi) is 5.25. The minimum atomic E-state index is 0.377. The second-order valence-corrected chi connectivity index (χ2v) is 8.21. The molecular weight excluding hydrogens is 314 g/mol. The molecule has 3 aliphatic rings. The third-order valence-electron chi connectivity index (χ3n) is 6.35. The summed E-state index contributed by atoms with van der Waals surface area (Å²) in [6, 6.07) is 5.86. The number of pyridine rings is 1. The lowest BCUT2D eigenvalue weighted by atomic mass is 9.75. The molecule has 1 aromatic rings. The topological polar surface area (TPSA) is 37.8 Å². The summed E-state index contributed by atoms with van der Waals surface area (Å²) in [6.45, 7) is 7.59. The number of hydrogen-bond acceptors (Lipinski definition) is 5. The van der Waals surface area contributed by atoms with Crippen LogP contribution in [0.15, 0.2) is 24.4 Å². The molecule has 138 valence electrons. The minimum Gasteiger partial charge on any atom is -0.477 e. The Balaban J connectivity index is 1.26. The van der Waals surface area contributed by atoms with Crippen LogP contribution in [0.4, 0.5) is 0 Å². The first-order chi connectivity index (χ1) is 12.2. The number of rotatable bonds is 5. The van der Waals surface area contributed by atoms with E-state index in [0.717, 1.165) is 31.6 Å². The summed E-state index contributed by atoms with van der Waals surface area (Å²) in [5, 5.41) is 0. The lowest BCUT2D eigenvalue weighted by molar-refractivity contribution is -0.0928. The van der Waals surface area contributed by atoms with Gasteiger partial charge in [0, 0.05) is 50.7 Å². The van der Waals surface area contributed by atoms with Crippen LogP contribution in [-0.4, -0.2) is 73.4 Å². The molecule has 5 nitrogen and oxygen atoms in total. The highest BCUT2D eigenvalue weighted by atomic mass is 16.5. The monoisotopic (exact) mass is 345 g/mol. The number of likely N-dealkylation sites (tertiary alicyclic amines) is 2. The Morgan fingerprint density at radius 2 is 2.04 bits per heavy atom. The zero-order chi connectivity index (χ0) is 17.1. The van der Waals surface area contributed by atoms with E-state index in [-0.39, 0.29) is 0 Å². The molecular formula is C20H31N3O2. The number of aromatic nitrogens is 1. The molecule has 4 rings (SSSR count). The number of likely N-dealkylation sites (N-methyl/N-ethyl adjacent to an activating group) is 1. The highest BCUT2D eigenvalue weighted by Gasteiger charge is 2.49. The van der Waals surface area contributed by atoms with E-state index in [2.05, 4.69) is 21.8 Å². The van der Waals surface area contributed by atoms with Crippen molar-refractivity contribution in [1.82, 2.24) is 14.8 Å². The van der Waals surface area contributed by atoms with Crippen molar-refractivity contribution in [3.05, 3.63) is 24.4 Å². The van der Waals surface area contributed by atoms with Gasteiger partial charge in [-0.1, -0.05) is 6.07 Å². The molecule has 0 unspecified atom stereocenters. The number of nitrogens with zero attached hydrogens (tertiary/aromatic N) is 3. The maximum atomic E-state index is 5.93. The Morgan fingerprint density at radius 3 is 2.80 bits per heavy atom. The van der Waals surface area contributed by atoms with Gasteiger partial charge in [0.2, 0.25) is 5.88 Å². The quantitative estimate of drug-likeness (QED) is 0.818. The summed E-state index contributed by atoms with van der Waals surface area (Å²) in [5.41, 5.74) is 0.377. The first-order valence-electron chi connectivity index (χ1n) is 9.79. The molecule has 1 atom stereocenters. The van der Waals surface area contributed by atoms with Gasteiger partial charge in [0.1, 0.15) is 0 Å². The van der Waals surface area contributed by atoms with Crippen molar-refractivity contribution < 1.29 is 9.47 Å². The van der Waals surface area contributed by atoms with E-state index in [1.165, 1.54) is 51.9 Å². The van der Waals surface area contributed by atoms with Crippen LogP contribution in [0, 0.1) is 11.8 Å². The fourth-order valence-electron chi connectivity index (χ4n) is 4.77. The number of piperidine rings is 1. The largest absolute Gasteiger partial charge is 0.477 e. The van der Waals surface area contributed by atoms with E-state index in [9.17, 15) is 0 Å². The van der Waals surface area contributed by atoms with Gasteiger partial charge in [-0.2, -0.15) is 0 Å². The fourth-order valence-corrected chi connectivity index (χ4v) is 4.77. The molecule has 25 heavy (non-hydrogen) atoms. The summed E-state index contributed by atoms with van der Waals surface area (Å²) in [5.74, 6) is 2.23. The molecule has 3 aliphatic heterocycles. The zero-order valence-corrected chi connectivity index (χ0v) is 15.4. The zero-order valence-electron chi connectivity index (χ0n) is 15.4. The van der Waals surface area contributed by atoms with Crippen molar-refractivity contribution in [3.8, 4) is 5.88 Å². The summed E-state index contributed by atoms with van der Waals surface area (Å²) in [7, 11) is 2.31. The summed E-state index contributed by atoms with van der Waals surface area (Å²) < 4.78 is 11.4. The second-order valence-electron chi connectivity index (χ2n) is 8.21. The van der Waals surface area contributed by atoms with Crippen LogP contribution in [-0.2, 0) is 4.74 Å². The van der Waals surface area contributed by atoms with Gasteiger partial charge in [-0.3, -0.25) is 9.80 Å². The Hall–Kier alpha value is -1.17. The third kappa shape index (κ3) is 3.99. The van der Waals surface area contributed by atoms with Crippen molar-refractivity contribution in [2.45, 2.75) is 31.2 Å². The highest BCUT2D eigenvalue weighted by molar-refractivity contribution is 5.10. The predicted molar refractivity (Wildman–Crippen MR) is 97.8 cm³/mol. The van der Waals surface area contributed by atoms with Crippen molar-refractivity contribution in [2.24, 2.45) is 11.8 Å². The molecule has 1 spiro atoms. The van der Waals surface area contributed by atoms with Crippen molar-refractivity contribution >= 4 is 0 Å².